The molecular formula is C48H59N3O10. The number of likely N-dealkylation sites (N-methyl/N-ethyl adjacent to an activating group) is 1. The van der Waals surface area contributed by atoms with Gasteiger partial charge < -0.3 is 48.4 Å². The maximum absolute atomic E-state index is 14.8. The lowest BCUT2D eigenvalue weighted by atomic mass is 9.55. The zero-order valence-electron chi connectivity index (χ0n) is 35.3. The molecule has 1 saturated heterocycles. The zero-order chi connectivity index (χ0) is 42.3. The fourth-order valence-corrected chi connectivity index (χ4v) is 9.95. The number of nitrogens with zero attached hydrogens (tertiary/aromatic N) is 3. The molecule has 0 bridgehead atoms. The lowest BCUT2D eigenvalue weighted by Crippen LogP contribution is -2.69. The molecule has 0 spiro atoms. The molecule has 61 heavy (non-hydrogen) atoms. The van der Waals surface area contributed by atoms with Crippen molar-refractivity contribution in [1.29, 1.82) is 0 Å². The maximum atomic E-state index is 14.8. The Morgan fingerprint density at radius 2 is 1.84 bits per heavy atom. The summed E-state index contributed by atoms with van der Waals surface area (Å²) >= 11 is 0. The van der Waals surface area contributed by atoms with E-state index in [9.17, 15) is 15.0 Å². The third kappa shape index (κ3) is 9.02. The van der Waals surface area contributed by atoms with Gasteiger partial charge in [0, 0.05) is 55.8 Å². The van der Waals surface area contributed by atoms with E-state index in [1.807, 2.05) is 37.3 Å². The molecule has 2 aromatic carbocycles. The van der Waals surface area contributed by atoms with Crippen molar-refractivity contribution < 1.29 is 48.3 Å². The molecule has 5 aliphatic rings. The Morgan fingerprint density at radius 3 is 2.62 bits per heavy atom. The number of pyridine rings is 1. The van der Waals surface area contributed by atoms with E-state index >= 15 is 0 Å². The summed E-state index contributed by atoms with van der Waals surface area (Å²) in [6.07, 6.45) is 11.2. The van der Waals surface area contributed by atoms with E-state index < -0.39 is 24.0 Å². The first-order valence-corrected chi connectivity index (χ1v) is 21.9. The molecule has 8 rings (SSSR count). The van der Waals surface area contributed by atoms with Crippen LogP contribution in [-0.4, -0.2) is 90.1 Å². The zero-order valence-corrected chi connectivity index (χ0v) is 35.3. The van der Waals surface area contributed by atoms with E-state index in [0.29, 0.717) is 60.3 Å². The van der Waals surface area contributed by atoms with E-state index in [2.05, 4.69) is 23.7 Å². The van der Waals surface area contributed by atoms with Crippen molar-refractivity contribution in [2.24, 2.45) is 22.9 Å². The van der Waals surface area contributed by atoms with Crippen molar-refractivity contribution in [3.8, 4) is 23.0 Å². The number of benzene rings is 2. The molecule has 2 fully saturated rings. The number of aliphatic hydroxyl groups is 2. The Labute approximate surface area is 358 Å². The highest BCUT2D eigenvalue weighted by Gasteiger charge is 2.65. The lowest BCUT2D eigenvalue weighted by Gasteiger charge is -2.59. The number of unbranched alkanes of at least 4 members (excludes halogenated alkanes) is 2. The van der Waals surface area contributed by atoms with Crippen LogP contribution in [0.4, 0.5) is 0 Å². The average molecular weight is 838 g/mol. The summed E-state index contributed by atoms with van der Waals surface area (Å²) in [4.78, 5) is 27.4. The fourth-order valence-electron chi connectivity index (χ4n) is 9.95. The third-order valence-corrected chi connectivity index (χ3v) is 12.8. The number of hydrogen-bond donors (Lipinski definition) is 2. The van der Waals surface area contributed by atoms with E-state index in [4.69, 9.17) is 38.4 Å². The number of allylic oxidation sites excluding steroid dienone is 1. The van der Waals surface area contributed by atoms with Crippen molar-refractivity contribution in [3.63, 3.8) is 0 Å². The summed E-state index contributed by atoms with van der Waals surface area (Å²) in [5.41, 5.74) is 4.82. The van der Waals surface area contributed by atoms with Crippen molar-refractivity contribution in [1.82, 2.24) is 9.88 Å². The molecule has 1 saturated carbocycles. The normalized spacial score (nSPS) is 26.7. The first kappa shape index (κ1) is 42.7. The van der Waals surface area contributed by atoms with E-state index in [1.165, 1.54) is 0 Å². The standard InChI is InChI=1S/C48H59N3O10/c1-4-23-59-48-43(51(3)47(54)33-17-19-41-42(26-33)58-30-57-41)28-39(50-61-44-16-7-10-24-55-44)37-25-32(13-5-8-21-52)36(15-6-9-22-53)45(46(37)48)38-27-35(18-20-40(38)60-48)56-29-34-14-11-12-31(2)49-34/h4,11-12,14,17-20,25-27,32,36,43-46,52-53H,1,5-10,13,15-16,21-24,28-30H2,2-3H3. The van der Waals surface area contributed by atoms with Crippen molar-refractivity contribution in [3.05, 3.63) is 101 Å². The first-order valence-electron chi connectivity index (χ1n) is 21.9. The van der Waals surface area contributed by atoms with Gasteiger partial charge in [0.2, 0.25) is 18.9 Å². The second-order valence-corrected chi connectivity index (χ2v) is 16.7. The molecule has 4 heterocycles. The van der Waals surface area contributed by atoms with Gasteiger partial charge in [0.25, 0.3) is 5.91 Å². The highest BCUT2D eigenvalue weighted by Crippen LogP contribution is 2.62. The SMILES string of the molecule is C=CCOC12Oc3ccc(OCc4cccc(C)n4)cc3C3C(CCCCO)C(CCCCO)C=C(C(=NOC4CCCCO4)CC1N(C)C(=O)c1ccc4c(c1)OCO4)C32. The third-order valence-electron chi connectivity index (χ3n) is 12.8. The predicted molar refractivity (Wildman–Crippen MR) is 228 cm³/mol. The van der Waals surface area contributed by atoms with Crippen LogP contribution in [0.15, 0.2) is 84.1 Å². The number of fused-ring (bicyclic) bond motifs is 3. The topological polar surface area (TPSA) is 151 Å². The molecule has 3 aromatic rings. The maximum Gasteiger partial charge on any atom is 0.254 e. The highest BCUT2D eigenvalue weighted by atomic mass is 16.8. The molecule has 2 aliphatic carbocycles. The van der Waals surface area contributed by atoms with Gasteiger partial charge in [-0.25, -0.2) is 0 Å². The summed E-state index contributed by atoms with van der Waals surface area (Å²) in [5, 5.41) is 24.8. The van der Waals surface area contributed by atoms with Crippen molar-refractivity contribution in [2.45, 2.75) is 102 Å². The molecule has 3 aliphatic heterocycles. The molecule has 7 atom stereocenters. The van der Waals surface area contributed by atoms with E-state index in [0.717, 1.165) is 67.5 Å². The van der Waals surface area contributed by atoms with Gasteiger partial charge in [-0.2, -0.15) is 0 Å². The predicted octanol–water partition coefficient (Wildman–Crippen LogP) is 7.63. The molecule has 0 radical (unpaired) electrons. The number of ether oxygens (including phenoxy) is 6. The van der Waals surface area contributed by atoms with Crippen LogP contribution in [-0.2, 0) is 20.9 Å². The summed E-state index contributed by atoms with van der Waals surface area (Å²) in [7, 11) is 1.79. The van der Waals surface area contributed by atoms with Gasteiger partial charge >= 0.3 is 0 Å². The summed E-state index contributed by atoms with van der Waals surface area (Å²) in [6.45, 7) is 7.36. The minimum atomic E-state index is -1.39. The van der Waals surface area contributed by atoms with Gasteiger partial charge in [0.15, 0.2) is 11.5 Å². The minimum Gasteiger partial charge on any atom is -0.487 e. The van der Waals surface area contributed by atoms with Crippen LogP contribution in [0.1, 0.15) is 97.4 Å². The average Bonchev–Trinajstić information content (AvgIpc) is 3.76. The van der Waals surface area contributed by atoms with E-state index in [-0.39, 0.29) is 56.7 Å². The van der Waals surface area contributed by atoms with Crippen molar-refractivity contribution in [2.75, 3.05) is 40.3 Å². The number of aryl methyl sites for hydroxylation is 1. The largest absolute Gasteiger partial charge is 0.487 e. The van der Waals surface area contributed by atoms with Crippen LogP contribution in [0.25, 0.3) is 0 Å². The van der Waals surface area contributed by atoms with Crippen LogP contribution < -0.4 is 18.9 Å². The Kier molecular flexibility index (Phi) is 13.6. The molecule has 1 aromatic heterocycles. The van der Waals surface area contributed by atoms with Gasteiger partial charge in [0.05, 0.1) is 30.5 Å². The highest BCUT2D eigenvalue weighted by molar-refractivity contribution is 6.03. The molecule has 326 valence electrons. The number of aliphatic hydroxyl groups excluding tert-OH is 2. The minimum absolute atomic E-state index is 0.0690. The smallest absolute Gasteiger partial charge is 0.254 e. The molecule has 2 N–H and O–H groups in total. The van der Waals surface area contributed by atoms with Crippen LogP contribution in [0.5, 0.6) is 23.0 Å². The first-order chi connectivity index (χ1) is 29.8. The van der Waals surface area contributed by atoms with Crippen LogP contribution in [0, 0.1) is 24.7 Å². The van der Waals surface area contributed by atoms with Gasteiger partial charge in [-0.15, -0.1) is 6.58 Å². The lowest BCUT2D eigenvalue weighted by molar-refractivity contribution is -0.252. The number of aromatic nitrogens is 1. The van der Waals surface area contributed by atoms with Gasteiger partial charge in [-0.3, -0.25) is 9.78 Å². The number of carbonyl (C=O) groups is 1. The Morgan fingerprint density at radius 1 is 1.02 bits per heavy atom. The van der Waals surface area contributed by atoms with Crippen LogP contribution >= 0.6 is 0 Å². The Bertz CT molecular complexity index is 2080. The molecule has 13 nitrogen and oxygen atoms in total. The Hall–Kier alpha value is -4.95. The fraction of sp³-hybridized carbons (Fsp3) is 0.521. The number of hydrogen-bond acceptors (Lipinski definition) is 12. The Balaban J connectivity index is 1.28. The summed E-state index contributed by atoms with van der Waals surface area (Å²) < 4.78 is 38.0. The molecular weight excluding hydrogens is 779 g/mol. The summed E-state index contributed by atoms with van der Waals surface area (Å²) in [6, 6.07) is 16.4. The second-order valence-electron chi connectivity index (χ2n) is 16.7. The van der Waals surface area contributed by atoms with Crippen LogP contribution in [0.2, 0.25) is 0 Å². The summed E-state index contributed by atoms with van der Waals surface area (Å²) in [5.74, 6) is 0.302. The van der Waals surface area contributed by atoms with Gasteiger partial charge in [-0.05, 0) is 111 Å². The van der Waals surface area contributed by atoms with Gasteiger partial charge in [-0.1, -0.05) is 36.2 Å². The number of carbonyl (C=O) groups excluding carboxylic acids is 1. The molecule has 13 heteroatoms. The van der Waals surface area contributed by atoms with Crippen LogP contribution in [0.3, 0.4) is 0 Å². The quantitative estimate of drug-likeness (QED) is 0.0740. The van der Waals surface area contributed by atoms with Gasteiger partial charge in [0.1, 0.15) is 24.1 Å². The molecule has 1 amide bonds. The number of rotatable bonds is 18. The van der Waals surface area contributed by atoms with E-state index in [1.54, 1.807) is 36.2 Å². The number of oxime groups is 1. The molecule has 7 unspecified atom stereocenters. The second kappa shape index (κ2) is 19.4. The van der Waals surface area contributed by atoms with Crippen molar-refractivity contribution >= 4 is 11.6 Å². The number of amides is 1. The monoisotopic (exact) mass is 837 g/mol.